The van der Waals surface area contributed by atoms with Crippen LogP contribution in [0.5, 0.6) is 5.75 Å². The van der Waals surface area contributed by atoms with Crippen LogP contribution in [-0.4, -0.2) is 52.9 Å². The fourth-order valence-electron chi connectivity index (χ4n) is 2.38. The molecule has 1 fully saturated rings. The number of aromatic hydroxyl groups is 1. The van der Waals surface area contributed by atoms with E-state index in [0.717, 1.165) is 6.42 Å². The van der Waals surface area contributed by atoms with Gasteiger partial charge >= 0.3 is 6.09 Å². The number of rotatable bonds is 2. The number of ether oxygens (including phenoxy) is 1. The van der Waals surface area contributed by atoms with Gasteiger partial charge in [0.2, 0.25) is 0 Å². The SMILES string of the molecule is CN(c1ncccc1O)[C@@H]1CCN(C(=O)OC(C)(C)C)C1. The summed E-state index contributed by atoms with van der Waals surface area (Å²) >= 11 is 0. The van der Waals surface area contributed by atoms with Gasteiger partial charge in [-0.25, -0.2) is 9.78 Å². The fourth-order valence-corrected chi connectivity index (χ4v) is 2.38. The van der Waals surface area contributed by atoms with E-state index >= 15 is 0 Å². The van der Waals surface area contributed by atoms with Crippen LogP contribution >= 0.6 is 0 Å². The highest BCUT2D eigenvalue weighted by molar-refractivity contribution is 5.68. The van der Waals surface area contributed by atoms with Crippen molar-refractivity contribution >= 4 is 11.9 Å². The van der Waals surface area contributed by atoms with Gasteiger partial charge < -0.3 is 19.6 Å². The van der Waals surface area contributed by atoms with Crippen LogP contribution in [0.25, 0.3) is 0 Å². The Morgan fingerprint density at radius 2 is 2.24 bits per heavy atom. The Balaban J connectivity index is 1.99. The predicted molar refractivity (Wildman–Crippen MR) is 80.5 cm³/mol. The summed E-state index contributed by atoms with van der Waals surface area (Å²) in [6.07, 6.45) is 2.18. The van der Waals surface area contributed by atoms with E-state index < -0.39 is 5.60 Å². The lowest BCUT2D eigenvalue weighted by Gasteiger charge is -2.27. The van der Waals surface area contributed by atoms with Gasteiger partial charge in [0.05, 0.1) is 0 Å². The first kappa shape index (κ1) is 15.4. The van der Waals surface area contributed by atoms with Crippen molar-refractivity contribution in [3.8, 4) is 5.75 Å². The monoisotopic (exact) mass is 293 g/mol. The Hall–Kier alpha value is -1.98. The standard InChI is InChI=1S/C15H23N3O3/c1-15(2,3)21-14(20)18-9-7-11(10-18)17(4)13-12(19)6-5-8-16-13/h5-6,8,11,19H,7,9-10H2,1-4H3/t11-/m1/s1. The third kappa shape index (κ3) is 3.77. The predicted octanol–water partition coefficient (Wildman–Crippen LogP) is 2.23. The number of carbonyl (C=O) groups is 1. The van der Waals surface area contributed by atoms with Gasteiger partial charge in [-0.15, -0.1) is 0 Å². The van der Waals surface area contributed by atoms with Gasteiger partial charge in [-0.05, 0) is 39.3 Å². The van der Waals surface area contributed by atoms with E-state index in [1.807, 2.05) is 32.7 Å². The van der Waals surface area contributed by atoms with E-state index in [1.165, 1.54) is 0 Å². The van der Waals surface area contributed by atoms with E-state index in [0.29, 0.717) is 18.9 Å². The molecular weight excluding hydrogens is 270 g/mol. The second kappa shape index (κ2) is 5.79. The minimum atomic E-state index is -0.486. The number of aromatic nitrogens is 1. The Morgan fingerprint density at radius 1 is 1.52 bits per heavy atom. The summed E-state index contributed by atoms with van der Waals surface area (Å²) in [6.45, 7) is 6.79. The van der Waals surface area contributed by atoms with Crippen molar-refractivity contribution < 1.29 is 14.6 Å². The molecule has 1 N–H and O–H groups in total. The summed E-state index contributed by atoms with van der Waals surface area (Å²) in [7, 11) is 1.88. The lowest BCUT2D eigenvalue weighted by atomic mass is 10.2. The molecule has 0 aliphatic carbocycles. The average Bonchev–Trinajstić information content (AvgIpc) is 2.86. The number of likely N-dealkylation sites (tertiary alicyclic amines) is 1. The van der Waals surface area contributed by atoms with E-state index in [4.69, 9.17) is 4.74 Å². The fraction of sp³-hybridized carbons (Fsp3) is 0.600. The third-order valence-electron chi connectivity index (χ3n) is 3.46. The number of nitrogens with zero attached hydrogens (tertiary/aromatic N) is 3. The normalized spacial score (nSPS) is 18.7. The maximum Gasteiger partial charge on any atom is 0.410 e. The number of carbonyl (C=O) groups excluding carboxylic acids is 1. The van der Waals surface area contributed by atoms with Gasteiger partial charge in [-0.2, -0.15) is 0 Å². The quantitative estimate of drug-likeness (QED) is 0.906. The summed E-state index contributed by atoms with van der Waals surface area (Å²) in [4.78, 5) is 19.9. The highest BCUT2D eigenvalue weighted by Gasteiger charge is 2.32. The molecule has 2 heterocycles. The molecule has 1 aliphatic heterocycles. The Kier molecular flexibility index (Phi) is 4.25. The molecule has 1 atom stereocenters. The zero-order chi connectivity index (χ0) is 15.6. The molecule has 2 rings (SSSR count). The van der Waals surface area contributed by atoms with Gasteiger partial charge in [0.1, 0.15) is 5.60 Å². The molecule has 0 radical (unpaired) electrons. The highest BCUT2D eigenvalue weighted by atomic mass is 16.6. The maximum absolute atomic E-state index is 12.1. The molecule has 6 nitrogen and oxygen atoms in total. The van der Waals surface area contributed by atoms with Gasteiger partial charge in [-0.3, -0.25) is 0 Å². The second-order valence-corrected chi connectivity index (χ2v) is 6.33. The molecular formula is C15H23N3O3. The van der Waals surface area contributed by atoms with Crippen LogP contribution in [0, 0.1) is 0 Å². The Bertz CT molecular complexity index is 513. The molecule has 0 bridgehead atoms. The summed E-state index contributed by atoms with van der Waals surface area (Å²) < 4.78 is 5.38. The van der Waals surface area contributed by atoms with Crippen molar-refractivity contribution in [1.82, 2.24) is 9.88 Å². The molecule has 0 saturated carbocycles. The molecule has 6 heteroatoms. The topological polar surface area (TPSA) is 65.9 Å². The van der Waals surface area contributed by atoms with Crippen molar-refractivity contribution in [2.45, 2.75) is 38.8 Å². The Morgan fingerprint density at radius 3 is 2.86 bits per heavy atom. The summed E-state index contributed by atoms with van der Waals surface area (Å²) in [5, 5.41) is 9.86. The molecule has 1 aromatic heterocycles. The smallest absolute Gasteiger partial charge is 0.410 e. The van der Waals surface area contributed by atoms with Crippen molar-refractivity contribution in [3.63, 3.8) is 0 Å². The van der Waals surface area contributed by atoms with Gasteiger partial charge in [0.15, 0.2) is 11.6 Å². The van der Waals surface area contributed by atoms with Crippen molar-refractivity contribution in [1.29, 1.82) is 0 Å². The van der Waals surface area contributed by atoms with E-state index in [1.54, 1.807) is 23.2 Å². The molecule has 1 aromatic rings. The number of amides is 1. The molecule has 1 amide bonds. The minimum absolute atomic E-state index is 0.123. The Labute approximate surface area is 125 Å². The van der Waals surface area contributed by atoms with Crippen LogP contribution in [-0.2, 0) is 4.74 Å². The van der Waals surface area contributed by atoms with Crippen LogP contribution in [0.3, 0.4) is 0 Å². The lowest BCUT2D eigenvalue weighted by molar-refractivity contribution is 0.0292. The van der Waals surface area contributed by atoms with Crippen molar-refractivity contribution in [2.24, 2.45) is 0 Å². The first-order valence-corrected chi connectivity index (χ1v) is 7.12. The van der Waals surface area contributed by atoms with Crippen LogP contribution in [0.4, 0.5) is 10.6 Å². The number of hydrogen-bond donors (Lipinski definition) is 1. The summed E-state index contributed by atoms with van der Waals surface area (Å²) in [5.41, 5.74) is -0.486. The van der Waals surface area contributed by atoms with E-state index in [2.05, 4.69) is 4.98 Å². The molecule has 0 spiro atoms. The number of hydrogen-bond acceptors (Lipinski definition) is 5. The third-order valence-corrected chi connectivity index (χ3v) is 3.46. The van der Waals surface area contributed by atoms with Crippen LogP contribution in [0.2, 0.25) is 0 Å². The first-order valence-electron chi connectivity index (χ1n) is 7.12. The molecule has 1 aliphatic rings. The summed E-state index contributed by atoms with van der Waals surface area (Å²) in [5.74, 6) is 0.684. The summed E-state index contributed by atoms with van der Waals surface area (Å²) in [6, 6.07) is 3.42. The van der Waals surface area contributed by atoms with Crippen molar-refractivity contribution in [2.75, 3.05) is 25.0 Å². The zero-order valence-corrected chi connectivity index (χ0v) is 13.0. The van der Waals surface area contributed by atoms with Gasteiger partial charge in [0.25, 0.3) is 0 Å². The maximum atomic E-state index is 12.1. The van der Waals surface area contributed by atoms with Gasteiger partial charge in [0, 0.05) is 32.4 Å². The molecule has 0 unspecified atom stereocenters. The zero-order valence-electron chi connectivity index (χ0n) is 13.0. The molecule has 1 saturated heterocycles. The number of likely N-dealkylation sites (N-methyl/N-ethyl adjacent to an activating group) is 1. The van der Waals surface area contributed by atoms with E-state index in [9.17, 15) is 9.90 Å². The van der Waals surface area contributed by atoms with Crippen LogP contribution < -0.4 is 4.90 Å². The second-order valence-electron chi connectivity index (χ2n) is 6.33. The average molecular weight is 293 g/mol. The van der Waals surface area contributed by atoms with Crippen LogP contribution in [0.15, 0.2) is 18.3 Å². The molecule has 0 aromatic carbocycles. The van der Waals surface area contributed by atoms with Crippen molar-refractivity contribution in [3.05, 3.63) is 18.3 Å². The molecule has 21 heavy (non-hydrogen) atoms. The van der Waals surface area contributed by atoms with E-state index in [-0.39, 0.29) is 17.9 Å². The highest BCUT2D eigenvalue weighted by Crippen LogP contribution is 2.27. The first-order chi connectivity index (χ1) is 9.78. The number of pyridine rings is 1. The number of anilines is 1. The van der Waals surface area contributed by atoms with Gasteiger partial charge in [-0.1, -0.05) is 0 Å². The lowest BCUT2D eigenvalue weighted by Crippen LogP contribution is -2.39. The molecule has 116 valence electrons. The largest absolute Gasteiger partial charge is 0.504 e. The van der Waals surface area contributed by atoms with Crippen LogP contribution in [0.1, 0.15) is 27.2 Å². The minimum Gasteiger partial charge on any atom is -0.504 e.